The Morgan fingerprint density at radius 1 is 1.50 bits per heavy atom. The van der Waals surface area contributed by atoms with Crippen molar-refractivity contribution >= 4 is 5.97 Å². The van der Waals surface area contributed by atoms with Gasteiger partial charge in [0.05, 0.1) is 13.7 Å². The van der Waals surface area contributed by atoms with Crippen LogP contribution < -0.4 is 5.73 Å². The van der Waals surface area contributed by atoms with E-state index in [2.05, 4.69) is 11.8 Å². The fourth-order valence-electron chi connectivity index (χ4n) is 2.23. The SMILES string of the molecule is COCCN(CC(C)(N)C(=O)OC)C(C)C1CC1. The first-order valence-corrected chi connectivity index (χ1v) is 6.52. The van der Waals surface area contributed by atoms with Crippen molar-refractivity contribution in [1.82, 2.24) is 4.90 Å². The minimum atomic E-state index is -0.967. The second-order valence-corrected chi connectivity index (χ2v) is 5.45. The second-order valence-electron chi connectivity index (χ2n) is 5.45. The lowest BCUT2D eigenvalue weighted by atomic mass is 10.0. The summed E-state index contributed by atoms with van der Waals surface area (Å²) in [5.41, 5.74) is 5.08. The molecule has 1 saturated carbocycles. The van der Waals surface area contributed by atoms with Crippen molar-refractivity contribution in [1.29, 1.82) is 0 Å². The van der Waals surface area contributed by atoms with Crippen molar-refractivity contribution in [2.24, 2.45) is 11.7 Å². The van der Waals surface area contributed by atoms with Gasteiger partial charge in [0, 0.05) is 26.2 Å². The molecule has 18 heavy (non-hydrogen) atoms. The van der Waals surface area contributed by atoms with Crippen LogP contribution in [0.15, 0.2) is 0 Å². The number of hydrogen-bond acceptors (Lipinski definition) is 5. The number of methoxy groups -OCH3 is 2. The van der Waals surface area contributed by atoms with Crippen LogP contribution in [0.2, 0.25) is 0 Å². The van der Waals surface area contributed by atoms with Gasteiger partial charge in [-0.05, 0) is 32.6 Å². The molecular formula is C13H26N2O3. The molecule has 0 heterocycles. The van der Waals surface area contributed by atoms with Crippen LogP contribution in [0, 0.1) is 5.92 Å². The maximum atomic E-state index is 11.6. The normalized spacial score (nSPS) is 20.6. The van der Waals surface area contributed by atoms with Crippen molar-refractivity contribution in [3.05, 3.63) is 0 Å². The standard InChI is InChI=1S/C13H26N2O3/c1-10(11-5-6-11)15(7-8-17-3)9-13(2,14)12(16)18-4/h10-11H,5-9,14H2,1-4H3. The third kappa shape index (κ3) is 4.23. The first-order chi connectivity index (χ1) is 8.42. The molecule has 5 nitrogen and oxygen atoms in total. The van der Waals surface area contributed by atoms with Gasteiger partial charge in [-0.2, -0.15) is 0 Å². The van der Waals surface area contributed by atoms with Gasteiger partial charge in [-0.3, -0.25) is 9.69 Å². The van der Waals surface area contributed by atoms with E-state index >= 15 is 0 Å². The minimum absolute atomic E-state index is 0.368. The lowest BCUT2D eigenvalue weighted by Gasteiger charge is -2.34. The summed E-state index contributed by atoms with van der Waals surface area (Å²) < 4.78 is 9.88. The quantitative estimate of drug-likeness (QED) is 0.647. The molecule has 0 aliphatic heterocycles. The Bertz CT molecular complexity index is 277. The molecule has 0 spiro atoms. The van der Waals surface area contributed by atoms with Crippen molar-refractivity contribution < 1.29 is 14.3 Å². The Morgan fingerprint density at radius 2 is 2.11 bits per heavy atom. The monoisotopic (exact) mass is 258 g/mol. The molecule has 106 valence electrons. The smallest absolute Gasteiger partial charge is 0.326 e. The summed E-state index contributed by atoms with van der Waals surface area (Å²) >= 11 is 0. The van der Waals surface area contributed by atoms with Gasteiger partial charge in [0.1, 0.15) is 5.54 Å². The van der Waals surface area contributed by atoms with Gasteiger partial charge >= 0.3 is 5.97 Å². The van der Waals surface area contributed by atoms with E-state index in [1.807, 2.05) is 0 Å². The maximum absolute atomic E-state index is 11.6. The molecule has 2 atom stereocenters. The molecule has 0 amide bonds. The highest BCUT2D eigenvalue weighted by Gasteiger charge is 2.37. The third-order valence-corrected chi connectivity index (χ3v) is 3.65. The van der Waals surface area contributed by atoms with Crippen molar-refractivity contribution in [2.45, 2.75) is 38.3 Å². The van der Waals surface area contributed by atoms with Crippen LogP contribution in [0.5, 0.6) is 0 Å². The average Bonchev–Trinajstić information content (AvgIpc) is 3.16. The molecule has 2 N–H and O–H groups in total. The summed E-state index contributed by atoms with van der Waals surface area (Å²) in [7, 11) is 3.05. The number of nitrogens with zero attached hydrogens (tertiary/aromatic N) is 1. The first-order valence-electron chi connectivity index (χ1n) is 6.52. The number of carbonyl (C=O) groups excluding carboxylic acids is 1. The van der Waals surface area contributed by atoms with E-state index in [0.29, 0.717) is 19.2 Å². The summed E-state index contributed by atoms with van der Waals surface area (Å²) in [6, 6.07) is 0.438. The Morgan fingerprint density at radius 3 is 2.56 bits per heavy atom. The zero-order chi connectivity index (χ0) is 13.8. The van der Waals surface area contributed by atoms with Crippen LogP contribution in [0.3, 0.4) is 0 Å². The molecule has 0 aromatic carbocycles. The first kappa shape index (κ1) is 15.4. The largest absolute Gasteiger partial charge is 0.468 e. The summed E-state index contributed by atoms with van der Waals surface area (Å²) in [6.45, 7) is 5.85. The number of ether oxygens (including phenoxy) is 2. The Hall–Kier alpha value is -0.650. The zero-order valence-electron chi connectivity index (χ0n) is 11.9. The van der Waals surface area contributed by atoms with Crippen LogP contribution in [0.1, 0.15) is 26.7 Å². The maximum Gasteiger partial charge on any atom is 0.326 e. The van der Waals surface area contributed by atoms with Crippen molar-refractivity contribution in [3.8, 4) is 0 Å². The van der Waals surface area contributed by atoms with Crippen molar-refractivity contribution in [2.75, 3.05) is 33.9 Å². The molecule has 0 radical (unpaired) electrons. The minimum Gasteiger partial charge on any atom is -0.468 e. The van der Waals surface area contributed by atoms with Gasteiger partial charge in [0.2, 0.25) is 0 Å². The zero-order valence-corrected chi connectivity index (χ0v) is 11.9. The predicted molar refractivity (Wildman–Crippen MR) is 70.2 cm³/mol. The summed E-state index contributed by atoms with van der Waals surface area (Å²) in [5, 5.41) is 0. The molecular weight excluding hydrogens is 232 g/mol. The second kappa shape index (κ2) is 6.50. The van der Waals surface area contributed by atoms with Gasteiger partial charge in [-0.1, -0.05) is 0 Å². The molecule has 1 aliphatic rings. The molecule has 0 aromatic heterocycles. The predicted octanol–water partition coefficient (Wildman–Crippen LogP) is 0.624. The molecule has 1 fully saturated rings. The number of nitrogens with two attached hydrogens (primary N) is 1. The fraction of sp³-hybridized carbons (Fsp3) is 0.923. The van der Waals surface area contributed by atoms with Crippen LogP contribution in [-0.2, 0) is 14.3 Å². The van der Waals surface area contributed by atoms with Gasteiger partial charge in [0.15, 0.2) is 0 Å². The van der Waals surface area contributed by atoms with Crippen LogP contribution in [0.25, 0.3) is 0 Å². The van der Waals surface area contributed by atoms with Crippen LogP contribution >= 0.6 is 0 Å². The van der Waals surface area contributed by atoms with Crippen molar-refractivity contribution in [3.63, 3.8) is 0 Å². The van der Waals surface area contributed by atoms with Gasteiger partial charge < -0.3 is 15.2 Å². The molecule has 2 unspecified atom stereocenters. The summed E-state index contributed by atoms with van der Waals surface area (Å²) in [5.74, 6) is 0.364. The Labute approximate surface area is 110 Å². The summed E-state index contributed by atoms with van der Waals surface area (Å²) in [6.07, 6.45) is 2.54. The number of hydrogen-bond donors (Lipinski definition) is 1. The summed E-state index contributed by atoms with van der Waals surface area (Å²) in [4.78, 5) is 13.9. The molecule has 0 bridgehead atoms. The van der Waals surface area contributed by atoms with E-state index in [9.17, 15) is 4.79 Å². The molecule has 0 aromatic rings. The fourth-order valence-corrected chi connectivity index (χ4v) is 2.23. The van der Waals surface area contributed by atoms with Crippen LogP contribution in [0.4, 0.5) is 0 Å². The Kier molecular flexibility index (Phi) is 5.56. The van der Waals surface area contributed by atoms with Crippen LogP contribution in [-0.4, -0.2) is 56.4 Å². The molecule has 0 saturated heterocycles. The number of rotatable bonds is 8. The van der Waals surface area contributed by atoms with Gasteiger partial charge in [-0.15, -0.1) is 0 Å². The highest BCUT2D eigenvalue weighted by molar-refractivity contribution is 5.80. The lowest BCUT2D eigenvalue weighted by molar-refractivity contribution is -0.147. The molecule has 1 aliphatic carbocycles. The lowest BCUT2D eigenvalue weighted by Crippen LogP contribution is -2.56. The van der Waals surface area contributed by atoms with E-state index in [1.165, 1.54) is 20.0 Å². The van der Waals surface area contributed by atoms with E-state index < -0.39 is 5.54 Å². The van der Waals surface area contributed by atoms with E-state index in [-0.39, 0.29) is 5.97 Å². The highest BCUT2D eigenvalue weighted by Crippen LogP contribution is 2.35. The van der Waals surface area contributed by atoms with E-state index in [4.69, 9.17) is 15.2 Å². The van der Waals surface area contributed by atoms with E-state index in [1.54, 1.807) is 14.0 Å². The number of carbonyl (C=O) groups is 1. The van der Waals surface area contributed by atoms with E-state index in [0.717, 1.165) is 12.5 Å². The number of esters is 1. The van der Waals surface area contributed by atoms with Gasteiger partial charge in [-0.25, -0.2) is 0 Å². The topological polar surface area (TPSA) is 64.8 Å². The third-order valence-electron chi connectivity index (χ3n) is 3.65. The highest BCUT2D eigenvalue weighted by atomic mass is 16.5. The average molecular weight is 258 g/mol. The molecule has 5 heteroatoms. The Balaban J connectivity index is 2.61. The van der Waals surface area contributed by atoms with Gasteiger partial charge in [0.25, 0.3) is 0 Å². The molecule has 1 rings (SSSR count).